The summed E-state index contributed by atoms with van der Waals surface area (Å²) in [6.45, 7) is 0. The highest BCUT2D eigenvalue weighted by Crippen LogP contribution is 2.27. The normalized spacial score (nSPS) is 11.1. The van der Waals surface area contributed by atoms with Crippen molar-refractivity contribution in [2.75, 3.05) is 40.2 Å². The number of anilines is 8. The molecule has 0 aromatic carbocycles. The van der Waals surface area contributed by atoms with Crippen molar-refractivity contribution in [1.82, 2.24) is 68.4 Å². The highest BCUT2D eigenvalue weighted by molar-refractivity contribution is 9.11. The van der Waals surface area contributed by atoms with Crippen molar-refractivity contribution in [3.05, 3.63) is 286 Å². The van der Waals surface area contributed by atoms with Crippen molar-refractivity contribution in [2.24, 2.45) is 0 Å². The van der Waals surface area contributed by atoms with Crippen molar-refractivity contribution in [3.8, 4) is 23.3 Å². The topological polar surface area (TPSA) is 409 Å². The first-order valence-electron chi connectivity index (χ1n) is 31.7. The zero-order valence-corrected chi connectivity index (χ0v) is 64.2. The second-order valence-electron chi connectivity index (χ2n) is 22.5. The van der Waals surface area contributed by atoms with Crippen LogP contribution >= 0.6 is 63.7 Å². The average molecular weight is 1820 g/mol. The minimum atomic E-state index is -4.09. The van der Waals surface area contributed by atoms with Crippen LogP contribution in [-0.2, 0) is 20.4 Å². The molecule has 564 valence electrons. The molecule has 0 unspecified atom stereocenters. The molecule has 0 aliphatic rings. The van der Waals surface area contributed by atoms with Gasteiger partial charge in [-0.2, -0.15) is 91.1 Å². The molecule has 16 heterocycles. The molecular formula is C66H50Br4F4N28O8S2+6. The maximum atomic E-state index is 14.2. The number of pyridine rings is 8. The number of carbonyl (C=O) groups excluding carboxylic acids is 2. The van der Waals surface area contributed by atoms with Crippen LogP contribution in [0.2, 0.25) is 0 Å². The minimum absolute atomic E-state index is 0.0344. The van der Waals surface area contributed by atoms with Crippen molar-refractivity contribution in [3.63, 3.8) is 0 Å². The molecule has 16 aromatic heterocycles. The lowest BCUT2D eigenvalue weighted by molar-refractivity contribution is -0.904. The van der Waals surface area contributed by atoms with Gasteiger partial charge in [-0.1, -0.05) is 24.3 Å². The number of aromatic nitrogens is 20. The van der Waals surface area contributed by atoms with E-state index in [-0.39, 0.29) is 46.2 Å². The van der Waals surface area contributed by atoms with E-state index < -0.39 is 56.3 Å². The molecule has 0 bridgehead atoms. The fourth-order valence-electron chi connectivity index (χ4n) is 9.98. The van der Waals surface area contributed by atoms with Crippen LogP contribution in [0.4, 0.5) is 73.2 Å². The monoisotopic (exact) mass is 1820 g/mol. The van der Waals surface area contributed by atoms with E-state index in [1.165, 1.54) is 202 Å². The summed E-state index contributed by atoms with van der Waals surface area (Å²) in [5.41, 5.74) is 3.05. The molecule has 0 spiro atoms. The van der Waals surface area contributed by atoms with E-state index in [9.17, 15) is 54.4 Å². The molecule has 0 atom stereocenters. The van der Waals surface area contributed by atoms with Gasteiger partial charge in [-0.25, -0.2) is 19.0 Å². The van der Waals surface area contributed by atoms with Gasteiger partial charge in [0.2, 0.25) is 24.8 Å². The number of halogens is 8. The molecule has 0 saturated heterocycles. The Balaban J connectivity index is 0.000000131. The number of hydrogen-bond acceptors (Lipinski definition) is 18. The molecule has 16 aromatic rings. The minimum Gasteiger partial charge on any atom is -0.308 e. The third kappa shape index (κ3) is 18.5. The number of nitrogens with zero attached hydrogens (tertiary/aromatic N) is 20. The van der Waals surface area contributed by atoms with E-state index in [4.69, 9.17) is 0 Å². The fraction of sp³-hybridized carbons (Fsp3) is 0. The van der Waals surface area contributed by atoms with E-state index in [0.29, 0.717) is 63.5 Å². The summed E-state index contributed by atoms with van der Waals surface area (Å²) in [5, 5.41) is 45.7. The Morgan fingerprint density at radius 1 is 0.348 bits per heavy atom. The fourth-order valence-corrected chi connectivity index (χ4v) is 13.2. The first-order chi connectivity index (χ1) is 53.9. The quantitative estimate of drug-likeness (QED) is 0.0188. The lowest BCUT2D eigenvalue weighted by Gasteiger charge is -2.10. The molecule has 10 N–H and O–H groups in total. The zero-order chi connectivity index (χ0) is 78.8. The second kappa shape index (κ2) is 33.6. The Bertz CT molecular complexity index is 6440. The molecule has 0 aliphatic carbocycles. The summed E-state index contributed by atoms with van der Waals surface area (Å²) >= 11 is 13.3. The van der Waals surface area contributed by atoms with Crippen LogP contribution < -0.4 is 67.9 Å². The van der Waals surface area contributed by atoms with Gasteiger partial charge in [0.25, 0.3) is 46.4 Å². The molecule has 36 nitrogen and oxygen atoms in total. The van der Waals surface area contributed by atoms with Gasteiger partial charge in [-0.3, -0.25) is 40.5 Å². The summed E-state index contributed by atoms with van der Waals surface area (Å²) in [4.78, 5) is 50.0. The number of nitrogens with one attached hydrogen (secondary N) is 8. The van der Waals surface area contributed by atoms with Crippen LogP contribution in [0.3, 0.4) is 0 Å². The number of amides is 4. The van der Waals surface area contributed by atoms with Crippen LogP contribution in [0.25, 0.3) is 45.9 Å². The predicted octanol–water partition coefficient (Wildman–Crippen LogP) is 8.30. The Morgan fingerprint density at radius 3 is 0.929 bits per heavy atom. The van der Waals surface area contributed by atoms with Crippen molar-refractivity contribution in [2.45, 2.75) is 0 Å². The first-order valence-corrected chi connectivity index (χ1v) is 37.8. The standard InChI is InChI=1S/C17H11BrFN7O2.C17H11BrFN7O.C16H12BrFN7O3S.C16H12BrFN7O2S/c18-12-10-20-26-15(23-17(27)21-11-4-7-24(28)8-5-11)9-14(22-16(12)26)25-6-2-1-3-13(25)19;18-12-10-21-26-15(24-17(27)22-11-4-6-20-7-5-11)9-14(23-16(12)26)25-8-2-1-3-13(25)19;17-12-10-19-25-15(22-29(27,28)21-11-4-7-23(26)8-5-11)9-14(20-16(12)25)24-6-2-1-3-13(24)18;17-12-10-20-25-15(23-28(26,27)22-11-4-6-19-7-5-11)9-14(21-16(12)25)24-8-2-1-3-13(24)18/h1-10,28H;1-10H,(H-,20,21,22,23,24,27);1-10,26H,(H,19,20,22);1-10,23H,(H,19,22)/q;;2*+1/p+4. The van der Waals surface area contributed by atoms with Crippen LogP contribution in [0.15, 0.2) is 263 Å². The SMILES string of the molecule is O=C(Nc1cc[n+](O)cc1)Nc1cc(-[n+]2ccccc2F)nc2c(Br)cnn12.O=C(Nc1ccncc1)Nc1cc(-[n+]2ccccc2F)nc2c(Br)cnn12.O=S(=O)(Nc1cc[n+](O)cc1)Nc1cc(-[n+]2ccccc2F)nc2c(Br)cnn12.O=S(=O)(Nc1ccncc1)Nc1cc(-[n+]2ccccc2F)nc2c(Br)cnn12. The van der Waals surface area contributed by atoms with Crippen LogP contribution in [0, 0.1) is 23.8 Å². The van der Waals surface area contributed by atoms with Crippen LogP contribution in [-0.4, -0.2) is 108 Å². The Morgan fingerprint density at radius 2 is 0.616 bits per heavy atom. The first kappa shape index (κ1) is 76.7. The largest absolute Gasteiger partial charge is 0.336 e. The van der Waals surface area contributed by atoms with Crippen LogP contribution in [0.5, 0.6) is 0 Å². The Kier molecular flexibility index (Phi) is 23.0. The van der Waals surface area contributed by atoms with E-state index in [1.54, 1.807) is 79.4 Å². The van der Waals surface area contributed by atoms with Crippen molar-refractivity contribution >= 4 is 165 Å². The third-order valence-electron chi connectivity index (χ3n) is 14.9. The third-order valence-corrected chi connectivity index (χ3v) is 19.1. The van der Waals surface area contributed by atoms with Gasteiger partial charge in [-0.05, 0) is 132 Å². The van der Waals surface area contributed by atoms with Crippen LogP contribution in [0.1, 0.15) is 0 Å². The molecule has 0 fully saturated rings. The van der Waals surface area contributed by atoms with Gasteiger partial charge in [0.05, 0.1) is 90.9 Å². The highest BCUT2D eigenvalue weighted by Gasteiger charge is 2.28. The molecule has 16 rings (SSSR count). The summed E-state index contributed by atoms with van der Waals surface area (Å²) < 4.78 is 131. The summed E-state index contributed by atoms with van der Waals surface area (Å²) in [7, 11) is -8.10. The summed E-state index contributed by atoms with van der Waals surface area (Å²) in [5.74, 6) is -0.533. The summed E-state index contributed by atoms with van der Waals surface area (Å²) in [6.07, 6.45) is 23.3. The zero-order valence-electron chi connectivity index (χ0n) is 56.2. The maximum Gasteiger partial charge on any atom is 0.336 e. The average Bonchev–Trinajstić information content (AvgIpc) is 1.53. The highest BCUT2D eigenvalue weighted by atomic mass is 79.9. The number of hydrogen-bond donors (Lipinski definition) is 10. The van der Waals surface area contributed by atoms with Gasteiger partial charge in [0.15, 0.2) is 11.6 Å². The molecule has 0 radical (unpaired) electrons. The molecule has 0 saturated carbocycles. The molecule has 4 amide bonds. The van der Waals surface area contributed by atoms with Gasteiger partial charge >= 0.3 is 55.8 Å². The Hall–Kier alpha value is -13.4. The molecule has 0 aliphatic heterocycles. The van der Waals surface area contributed by atoms with E-state index in [0.717, 1.165) is 9.46 Å². The van der Waals surface area contributed by atoms with Gasteiger partial charge in [0.1, 0.15) is 29.5 Å². The van der Waals surface area contributed by atoms with Gasteiger partial charge in [-0.15, -0.1) is 0 Å². The summed E-state index contributed by atoms with van der Waals surface area (Å²) in [6, 6.07) is 34.8. The van der Waals surface area contributed by atoms with E-state index in [1.807, 2.05) is 0 Å². The smallest absolute Gasteiger partial charge is 0.308 e. The van der Waals surface area contributed by atoms with Gasteiger partial charge < -0.3 is 10.6 Å². The van der Waals surface area contributed by atoms with E-state index in [2.05, 4.69) is 154 Å². The number of urea groups is 2. The predicted molar refractivity (Wildman–Crippen MR) is 402 cm³/mol. The van der Waals surface area contributed by atoms with Crippen molar-refractivity contribution < 1.29 is 82.1 Å². The molecule has 112 heavy (non-hydrogen) atoms. The maximum absolute atomic E-state index is 14.2. The Labute approximate surface area is 660 Å². The second-order valence-corrected chi connectivity index (χ2v) is 28.7. The lowest BCUT2D eigenvalue weighted by atomic mass is 10.4. The van der Waals surface area contributed by atoms with E-state index >= 15 is 0 Å². The number of fused-ring (bicyclic) bond motifs is 4. The van der Waals surface area contributed by atoms with Gasteiger partial charge in [0, 0.05) is 88.5 Å². The molecule has 46 heteroatoms. The molecular weight excluding hydrogens is 1770 g/mol. The van der Waals surface area contributed by atoms with Crippen molar-refractivity contribution in [1.29, 1.82) is 0 Å². The lowest BCUT2D eigenvalue weighted by Crippen LogP contribution is -2.36. The number of rotatable bonds is 16. The number of carbonyl (C=O) groups is 2.